The molecule has 19 heavy (non-hydrogen) atoms. The van der Waals surface area contributed by atoms with Crippen LogP contribution in [0.3, 0.4) is 0 Å². The Hall–Kier alpha value is -1.97. The summed E-state index contributed by atoms with van der Waals surface area (Å²) in [6.07, 6.45) is -4.33. The smallest absolute Gasteiger partial charge is 0.398 e. The van der Waals surface area contributed by atoms with Crippen LogP contribution < -0.4 is 5.73 Å². The summed E-state index contributed by atoms with van der Waals surface area (Å²) in [5.41, 5.74) is 8.94. The minimum Gasteiger partial charge on any atom is -0.398 e. The van der Waals surface area contributed by atoms with Crippen molar-refractivity contribution in [3.63, 3.8) is 0 Å². The standard InChI is InChI=1S/C15H14F3N/c1-9-6-12(8-14(19)10(9)2)11-4-3-5-13(7-11)15(16,17)18/h3-8H,19H2,1-2H3. The second-order valence-electron chi connectivity index (χ2n) is 4.59. The summed E-state index contributed by atoms with van der Waals surface area (Å²) in [7, 11) is 0. The lowest BCUT2D eigenvalue weighted by Crippen LogP contribution is -2.04. The molecule has 2 aromatic carbocycles. The highest BCUT2D eigenvalue weighted by Gasteiger charge is 2.30. The Balaban J connectivity index is 2.54. The average molecular weight is 265 g/mol. The first-order valence-corrected chi connectivity index (χ1v) is 5.83. The number of alkyl halides is 3. The summed E-state index contributed by atoms with van der Waals surface area (Å²) < 4.78 is 38.0. The molecular weight excluding hydrogens is 251 g/mol. The molecule has 0 atom stereocenters. The molecule has 1 nitrogen and oxygen atoms in total. The number of benzene rings is 2. The molecule has 0 bridgehead atoms. The van der Waals surface area contributed by atoms with Gasteiger partial charge >= 0.3 is 6.18 Å². The first-order chi connectivity index (χ1) is 8.79. The minimum atomic E-state index is -4.33. The van der Waals surface area contributed by atoms with Gasteiger partial charge in [0, 0.05) is 5.69 Å². The maximum atomic E-state index is 12.7. The van der Waals surface area contributed by atoms with Crippen LogP contribution in [0.2, 0.25) is 0 Å². The summed E-state index contributed by atoms with van der Waals surface area (Å²) in [5, 5.41) is 0. The number of aryl methyl sites for hydroxylation is 1. The fraction of sp³-hybridized carbons (Fsp3) is 0.200. The van der Waals surface area contributed by atoms with Gasteiger partial charge in [0.05, 0.1) is 5.56 Å². The Labute approximate surface area is 109 Å². The Bertz CT molecular complexity index is 592. The van der Waals surface area contributed by atoms with E-state index in [-0.39, 0.29) is 0 Å². The van der Waals surface area contributed by atoms with Gasteiger partial charge in [0.15, 0.2) is 0 Å². The molecule has 0 aliphatic heterocycles. The van der Waals surface area contributed by atoms with E-state index in [1.54, 1.807) is 12.1 Å². The van der Waals surface area contributed by atoms with E-state index in [1.165, 1.54) is 6.07 Å². The second kappa shape index (κ2) is 4.61. The van der Waals surface area contributed by atoms with E-state index in [0.717, 1.165) is 23.3 Å². The maximum Gasteiger partial charge on any atom is 0.416 e. The minimum absolute atomic E-state index is 0.518. The highest BCUT2D eigenvalue weighted by molar-refractivity contribution is 5.71. The fourth-order valence-electron chi connectivity index (χ4n) is 1.93. The van der Waals surface area contributed by atoms with Crippen molar-refractivity contribution in [1.82, 2.24) is 0 Å². The van der Waals surface area contributed by atoms with Crippen LogP contribution in [0.15, 0.2) is 36.4 Å². The number of nitrogens with two attached hydrogens (primary N) is 1. The van der Waals surface area contributed by atoms with Crippen molar-refractivity contribution in [3.8, 4) is 11.1 Å². The Morgan fingerprint density at radius 2 is 1.63 bits per heavy atom. The predicted octanol–water partition coefficient (Wildman–Crippen LogP) is 4.57. The zero-order valence-electron chi connectivity index (χ0n) is 10.7. The molecule has 2 N–H and O–H groups in total. The summed E-state index contributed by atoms with van der Waals surface area (Å²) >= 11 is 0. The van der Waals surface area contributed by atoms with Gasteiger partial charge in [-0.3, -0.25) is 0 Å². The van der Waals surface area contributed by atoms with Gasteiger partial charge in [0.1, 0.15) is 0 Å². The molecule has 4 heteroatoms. The number of anilines is 1. The zero-order chi connectivity index (χ0) is 14.2. The lowest BCUT2D eigenvalue weighted by molar-refractivity contribution is -0.137. The van der Waals surface area contributed by atoms with E-state index in [2.05, 4.69) is 0 Å². The molecule has 0 unspecified atom stereocenters. The fourth-order valence-corrected chi connectivity index (χ4v) is 1.93. The van der Waals surface area contributed by atoms with Crippen molar-refractivity contribution in [2.24, 2.45) is 0 Å². The summed E-state index contributed by atoms with van der Waals surface area (Å²) in [6.45, 7) is 3.78. The largest absolute Gasteiger partial charge is 0.416 e. The molecule has 0 saturated carbocycles. The van der Waals surface area contributed by atoms with Crippen molar-refractivity contribution < 1.29 is 13.2 Å². The third-order valence-corrected chi connectivity index (χ3v) is 3.23. The highest BCUT2D eigenvalue weighted by Crippen LogP contribution is 2.33. The van der Waals surface area contributed by atoms with Gasteiger partial charge in [-0.25, -0.2) is 0 Å². The molecule has 0 saturated heterocycles. The van der Waals surface area contributed by atoms with Crippen LogP contribution in [0, 0.1) is 13.8 Å². The van der Waals surface area contributed by atoms with Gasteiger partial charge in [0.2, 0.25) is 0 Å². The predicted molar refractivity (Wildman–Crippen MR) is 70.8 cm³/mol. The van der Waals surface area contributed by atoms with Crippen LogP contribution in [-0.4, -0.2) is 0 Å². The van der Waals surface area contributed by atoms with E-state index in [4.69, 9.17) is 5.73 Å². The van der Waals surface area contributed by atoms with Gasteiger partial charge in [-0.1, -0.05) is 18.2 Å². The molecule has 0 aliphatic carbocycles. The second-order valence-corrected chi connectivity index (χ2v) is 4.59. The molecule has 0 radical (unpaired) electrons. The van der Waals surface area contributed by atoms with Crippen LogP contribution in [0.5, 0.6) is 0 Å². The molecule has 0 heterocycles. The maximum absolute atomic E-state index is 12.7. The molecule has 0 amide bonds. The molecule has 0 fully saturated rings. The van der Waals surface area contributed by atoms with Crippen LogP contribution in [0.1, 0.15) is 16.7 Å². The number of nitrogen functional groups attached to an aromatic ring is 1. The SMILES string of the molecule is Cc1cc(-c2cccc(C(F)(F)F)c2)cc(N)c1C. The number of rotatable bonds is 1. The number of hydrogen-bond acceptors (Lipinski definition) is 1. The lowest BCUT2D eigenvalue weighted by Gasteiger charge is -2.11. The Morgan fingerprint density at radius 1 is 0.947 bits per heavy atom. The van der Waals surface area contributed by atoms with Crippen molar-refractivity contribution in [2.45, 2.75) is 20.0 Å². The van der Waals surface area contributed by atoms with Crippen molar-refractivity contribution in [3.05, 3.63) is 53.1 Å². The van der Waals surface area contributed by atoms with Crippen molar-refractivity contribution >= 4 is 5.69 Å². The van der Waals surface area contributed by atoms with Gasteiger partial charge in [0.25, 0.3) is 0 Å². The van der Waals surface area contributed by atoms with Crippen molar-refractivity contribution in [1.29, 1.82) is 0 Å². The Kier molecular flexibility index (Phi) is 3.27. The van der Waals surface area contributed by atoms with Gasteiger partial charge < -0.3 is 5.73 Å². The van der Waals surface area contributed by atoms with Gasteiger partial charge in [-0.05, 0) is 54.3 Å². The Morgan fingerprint density at radius 3 is 2.21 bits per heavy atom. The molecule has 0 aromatic heterocycles. The van der Waals surface area contributed by atoms with Crippen molar-refractivity contribution in [2.75, 3.05) is 5.73 Å². The topological polar surface area (TPSA) is 26.0 Å². The van der Waals surface area contributed by atoms with E-state index < -0.39 is 11.7 Å². The van der Waals surface area contributed by atoms with Crippen LogP contribution in [-0.2, 0) is 6.18 Å². The van der Waals surface area contributed by atoms with E-state index in [9.17, 15) is 13.2 Å². The quantitative estimate of drug-likeness (QED) is 0.751. The monoisotopic (exact) mass is 265 g/mol. The molecule has 0 aliphatic rings. The molecule has 100 valence electrons. The summed E-state index contributed by atoms with van der Waals surface area (Å²) in [6, 6.07) is 8.82. The van der Waals surface area contributed by atoms with Crippen LogP contribution >= 0.6 is 0 Å². The number of halogens is 3. The van der Waals surface area contributed by atoms with Crippen LogP contribution in [0.25, 0.3) is 11.1 Å². The molecule has 2 rings (SSSR count). The normalized spacial score (nSPS) is 11.6. The highest BCUT2D eigenvalue weighted by atomic mass is 19.4. The first kappa shape index (κ1) is 13.5. The van der Waals surface area contributed by atoms with E-state index in [0.29, 0.717) is 16.8 Å². The average Bonchev–Trinajstić information content (AvgIpc) is 2.34. The van der Waals surface area contributed by atoms with Crippen LogP contribution in [0.4, 0.5) is 18.9 Å². The van der Waals surface area contributed by atoms with Gasteiger partial charge in [-0.15, -0.1) is 0 Å². The third kappa shape index (κ3) is 2.72. The summed E-state index contributed by atoms with van der Waals surface area (Å²) in [4.78, 5) is 0. The van der Waals surface area contributed by atoms with E-state index in [1.807, 2.05) is 19.9 Å². The third-order valence-electron chi connectivity index (χ3n) is 3.23. The first-order valence-electron chi connectivity index (χ1n) is 5.83. The molecular formula is C15H14F3N. The molecule has 2 aromatic rings. The molecule has 0 spiro atoms. The number of hydrogen-bond donors (Lipinski definition) is 1. The lowest BCUT2D eigenvalue weighted by atomic mass is 9.97. The zero-order valence-corrected chi connectivity index (χ0v) is 10.7. The van der Waals surface area contributed by atoms with Gasteiger partial charge in [-0.2, -0.15) is 13.2 Å². The summed E-state index contributed by atoms with van der Waals surface area (Å²) in [5.74, 6) is 0. The van der Waals surface area contributed by atoms with E-state index >= 15 is 0 Å².